The quantitative estimate of drug-likeness (QED) is 0.138. The Bertz CT molecular complexity index is 1710. The fourth-order valence-corrected chi connectivity index (χ4v) is 4.73. The minimum Gasteiger partial charge on any atom is -1.00 e. The first-order valence-corrected chi connectivity index (χ1v) is 14.3. The fourth-order valence-electron chi connectivity index (χ4n) is 4.73. The minimum absolute atomic E-state index is 0. The number of allylic oxidation sites excluding steroid dienone is 2. The number of nitrogens with zero attached hydrogens (tertiary/aromatic N) is 6. The molecule has 10 heteroatoms. The van der Waals surface area contributed by atoms with E-state index in [1.54, 1.807) is 49.6 Å². The van der Waals surface area contributed by atoms with Gasteiger partial charge in [0, 0.05) is 53.5 Å². The number of amides is 1. The van der Waals surface area contributed by atoms with Gasteiger partial charge in [0.15, 0.2) is 17.3 Å². The fraction of sp³-hybridized carbons (Fsp3) is 0.314. The summed E-state index contributed by atoms with van der Waals surface area (Å²) in [6.07, 6.45) is 5.21. The highest BCUT2D eigenvalue weighted by Gasteiger charge is 2.35. The number of hydrogen-bond acceptors (Lipinski definition) is 6. The van der Waals surface area contributed by atoms with E-state index >= 15 is 0 Å². The van der Waals surface area contributed by atoms with E-state index < -0.39 is 0 Å². The summed E-state index contributed by atoms with van der Waals surface area (Å²) in [5.74, 6) is -0.191. The molecule has 3 rings (SSSR count). The predicted octanol–water partition coefficient (Wildman–Crippen LogP) is 1.88. The monoisotopic (exact) mass is 723 g/mol. The summed E-state index contributed by atoms with van der Waals surface area (Å²) in [6.45, 7) is 6.61. The predicted molar refractivity (Wildman–Crippen MR) is 180 cm³/mol. The van der Waals surface area contributed by atoms with Crippen molar-refractivity contribution < 1.29 is 47.5 Å². The van der Waals surface area contributed by atoms with Crippen LogP contribution in [0.1, 0.15) is 49.3 Å². The summed E-state index contributed by atoms with van der Waals surface area (Å²) in [6, 6.07) is 15.8. The maximum Gasteiger partial charge on any atom is 0.444 e. The molecule has 0 radical (unpaired) electrons. The Morgan fingerprint density at radius 2 is 1.11 bits per heavy atom. The van der Waals surface area contributed by atoms with Gasteiger partial charge >= 0.3 is 11.7 Å². The van der Waals surface area contributed by atoms with Crippen molar-refractivity contribution in [3.63, 3.8) is 0 Å². The van der Waals surface area contributed by atoms with E-state index in [0.29, 0.717) is 34.1 Å². The number of carbonyl (C=O) groups excluding carboxylic acids is 3. The summed E-state index contributed by atoms with van der Waals surface area (Å²) in [4.78, 5) is 48.1. The summed E-state index contributed by atoms with van der Waals surface area (Å²) in [5.41, 5.74) is 6.27. The number of carbonyl (C=O) groups is 3. The molecule has 1 amide bonds. The molecule has 0 unspecified atom stereocenters. The number of Topliss-reactive ketones (excluding diaryl/α,β-unsaturated/α-hetero) is 2. The Morgan fingerprint density at radius 1 is 0.711 bits per heavy atom. The molecule has 1 heterocycles. The molecule has 0 saturated carbocycles. The molecule has 0 N–H and O–H groups in total. The summed E-state index contributed by atoms with van der Waals surface area (Å²) in [5, 5.41) is 0. The van der Waals surface area contributed by atoms with Gasteiger partial charge in [0.1, 0.15) is 12.8 Å². The first-order chi connectivity index (χ1) is 20.6. The zero-order valence-corrected chi connectivity index (χ0v) is 30.3. The van der Waals surface area contributed by atoms with E-state index in [9.17, 15) is 14.4 Å². The average molecular weight is 724 g/mol. The molecular weight excluding hydrogens is 679 g/mol. The van der Waals surface area contributed by atoms with E-state index in [-0.39, 0.29) is 41.5 Å². The molecule has 0 aliphatic rings. The Labute approximate surface area is 283 Å². The lowest BCUT2D eigenvalue weighted by Crippen LogP contribution is -3.00. The van der Waals surface area contributed by atoms with Gasteiger partial charge in [-0.3, -0.25) is 14.2 Å². The normalized spacial score (nSPS) is 13.0. The van der Waals surface area contributed by atoms with Crippen LogP contribution in [0.25, 0.3) is 12.2 Å². The number of aryl methyl sites for hydroxylation is 1. The molecule has 0 bridgehead atoms. The van der Waals surface area contributed by atoms with Crippen LogP contribution in [0.3, 0.4) is 0 Å². The van der Waals surface area contributed by atoms with Crippen LogP contribution in [-0.4, -0.2) is 89.9 Å². The van der Waals surface area contributed by atoms with Gasteiger partial charge in [-0.1, -0.05) is 24.3 Å². The number of rotatable bonds is 10. The third kappa shape index (κ3) is 8.72. The standard InChI is InChI=1S/C35H44N6O3.HI/c1-23(31(25(3)42)20-27-12-16-29(17-13-27)37(5)6)40(10)34-33(39(9)22-36-34)35(44)41(11)24(2)32(26(4)43)21-28-14-18-30(19-15-28)38(7)8;/h12-22H,1-11H3;1H/q+2;/p-1. The van der Waals surface area contributed by atoms with Crippen molar-refractivity contribution in [2.24, 2.45) is 7.05 Å². The highest BCUT2D eigenvalue weighted by molar-refractivity contribution is 6.23. The second-order valence-electron chi connectivity index (χ2n) is 11.3. The van der Waals surface area contributed by atoms with Crippen molar-refractivity contribution in [1.29, 1.82) is 0 Å². The van der Waals surface area contributed by atoms with E-state index in [4.69, 9.17) is 0 Å². The van der Waals surface area contributed by atoms with Crippen LogP contribution in [-0.2, 0) is 16.6 Å². The van der Waals surface area contributed by atoms with Crippen molar-refractivity contribution in [3.8, 4) is 0 Å². The van der Waals surface area contributed by atoms with Gasteiger partial charge in [-0.15, -0.1) is 0 Å². The van der Waals surface area contributed by atoms with E-state index in [1.165, 1.54) is 18.4 Å². The van der Waals surface area contributed by atoms with Gasteiger partial charge in [-0.05, 0) is 73.3 Å². The zero-order chi connectivity index (χ0) is 32.9. The maximum absolute atomic E-state index is 14.0. The summed E-state index contributed by atoms with van der Waals surface area (Å²) < 4.78 is 4.88. The van der Waals surface area contributed by atoms with Crippen LogP contribution in [0, 0.1) is 0 Å². The molecule has 0 fully saturated rings. The lowest BCUT2D eigenvalue weighted by atomic mass is 10.0. The van der Waals surface area contributed by atoms with Crippen LogP contribution in [0.5, 0.6) is 0 Å². The molecule has 3 aromatic rings. The summed E-state index contributed by atoms with van der Waals surface area (Å²) >= 11 is 0. The second-order valence-corrected chi connectivity index (χ2v) is 11.3. The number of aromatic nitrogens is 2. The van der Waals surface area contributed by atoms with E-state index in [0.717, 1.165) is 22.5 Å². The molecule has 45 heavy (non-hydrogen) atoms. The first kappa shape index (κ1) is 37.0. The number of ketones is 2. The van der Waals surface area contributed by atoms with E-state index in [1.807, 2.05) is 99.5 Å². The lowest BCUT2D eigenvalue weighted by Gasteiger charge is -2.12. The third-order valence-electron chi connectivity index (χ3n) is 7.73. The Hall–Kier alpha value is -4.19. The van der Waals surface area contributed by atoms with Crippen LogP contribution in [0.4, 0.5) is 17.2 Å². The number of benzene rings is 2. The van der Waals surface area contributed by atoms with Crippen molar-refractivity contribution in [2.45, 2.75) is 27.7 Å². The van der Waals surface area contributed by atoms with Crippen LogP contribution in [0.15, 0.2) is 66.0 Å². The van der Waals surface area contributed by atoms with Gasteiger partial charge in [0.05, 0.1) is 18.2 Å². The highest BCUT2D eigenvalue weighted by Crippen LogP contribution is 2.21. The molecule has 0 saturated heterocycles. The first-order valence-electron chi connectivity index (χ1n) is 14.3. The molecule has 238 valence electrons. The Balaban J connectivity index is 0.00000705. The largest absolute Gasteiger partial charge is 1.00 e. The maximum atomic E-state index is 14.0. The molecule has 2 aromatic carbocycles. The highest BCUT2D eigenvalue weighted by atomic mass is 127. The zero-order valence-electron chi connectivity index (χ0n) is 28.1. The minimum atomic E-state index is -0.333. The van der Waals surface area contributed by atoms with Crippen molar-refractivity contribution >= 4 is 58.2 Å². The van der Waals surface area contributed by atoms with Crippen molar-refractivity contribution in [3.05, 3.63) is 82.8 Å². The van der Waals surface area contributed by atoms with Crippen LogP contribution >= 0.6 is 0 Å². The molecule has 0 aliphatic heterocycles. The van der Waals surface area contributed by atoms with Crippen molar-refractivity contribution in [2.75, 3.05) is 52.1 Å². The number of hydrogen-bond donors (Lipinski definition) is 0. The molecule has 9 nitrogen and oxygen atoms in total. The number of imidazole rings is 1. The van der Waals surface area contributed by atoms with Gasteiger partial charge in [0.2, 0.25) is 6.33 Å². The molecule has 0 aliphatic carbocycles. The van der Waals surface area contributed by atoms with Gasteiger partial charge < -0.3 is 33.8 Å². The number of anilines is 2. The molecule has 0 atom stereocenters. The van der Waals surface area contributed by atoms with Crippen LogP contribution in [0.2, 0.25) is 0 Å². The van der Waals surface area contributed by atoms with E-state index in [2.05, 4.69) is 4.98 Å². The topological polar surface area (TPSA) is 81.5 Å². The van der Waals surface area contributed by atoms with Gasteiger partial charge in [-0.2, -0.15) is 4.58 Å². The smallest absolute Gasteiger partial charge is 0.444 e. The van der Waals surface area contributed by atoms with Crippen LogP contribution < -0.4 is 33.8 Å². The molecule has 0 spiro atoms. The SMILES string of the molecule is CC(=O)/C(=C\c1ccc(N(C)C)cc1)C(C)=[N+](C)C(=O)c1c(/[N+](C)=C(C)\C(=C\c2ccc(N(C)C)cc2)C(C)=O)ncn1C.[I-]. The van der Waals surface area contributed by atoms with Gasteiger partial charge in [0.25, 0.3) is 5.69 Å². The Kier molecular flexibility index (Phi) is 12.9. The second kappa shape index (κ2) is 15.7. The Morgan fingerprint density at radius 3 is 1.49 bits per heavy atom. The number of halogens is 1. The van der Waals surface area contributed by atoms with Gasteiger partial charge in [-0.25, -0.2) is 9.37 Å². The molecular formula is C35H44IN6O3+. The third-order valence-corrected chi connectivity index (χ3v) is 7.73. The van der Waals surface area contributed by atoms with Crippen molar-refractivity contribution in [1.82, 2.24) is 9.55 Å². The summed E-state index contributed by atoms with van der Waals surface area (Å²) in [7, 11) is 13.1. The average Bonchev–Trinajstić information content (AvgIpc) is 3.37. The molecule has 1 aromatic heterocycles. The lowest BCUT2D eigenvalue weighted by molar-refractivity contribution is -0.414.